The summed E-state index contributed by atoms with van der Waals surface area (Å²) in [6.45, 7) is 7.02. The summed E-state index contributed by atoms with van der Waals surface area (Å²) < 4.78 is 11.6. The largest absolute Gasteiger partial charge is 0.494 e. The third-order valence-corrected chi connectivity index (χ3v) is 5.64. The lowest BCUT2D eigenvalue weighted by Gasteiger charge is -2.08. The van der Waals surface area contributed by atoms with Crippen LogP contribution in [0.3, 0.4) is 0 Å². The zero-order valence-corrected chi connectivity index (χ0v) is 19.9. The number of unbranched alkanes of at least 4 members (excludes halogenated alkanes) is 8. The van der Waals surface area contributed by atoms with Gasteiger partial charge in [-0.05, 0) is 61.6 Å². The van der Waals surface area contributed by atoms with Gasteiger partial charge in [0.25, 0.3) is 0 Å². The fraction of sp³-hybridized carbons (Fsp3) is 0.607. The summed E-state index contributed by atoms with van der Waals surface area (Å²) >= 11 is 0. The third-order valence-electron chi connectivity index (χ3n) is 5.64. The van der Waals surface area contributed by atoms with Gasteiger partial charge in [0.15, 0.2) is 0 Å². The Kier molecular flexibility index (Phi) is 13.7. The summed E-state index contributed by atoms with van der Waals surface area (Å²) in [6.07, 6.45) is 16.9. The highest BCUT2D eigenvalue weighted by Gasteiger charge is 2.02. The van der Waals surface area contributed by atoms with Crippen LogP contribution in [0.4, 0.5) is 0 Å². The summed E-state index contributed by atoms with van der Waals surface area (Å²) in [6, 6.07) is 12.6. The summed E-state index contributed by atoms with van der Waals surface area (Å²) in [7, 11) is 0. The highest BCUT2D eigenvalue weighted by Crippen LogP contribution is 2.21. The molecule has 0 aliphatic carbocycles. The molecule has 0 N–H and O–H groups in total. The van der Waals surface area contributed by atoms with Crippen LogP contribution in [0.25, 0.3) is 11.3 Å². The van der Waals surface area contributed by atoms with Crippen LogP contribution in [-0.2, 0) is 11.2 Å². The molecule has 3 nitrogen and oxygen atoms in total. The fourth-order valence-corrected chi connectivity index (χ4v) is 3.65. The molecule has 1 aromatic carbocycles. The molecule has 172 valence electrons. The molecule has 0 atom stereocenters. The van der Waals surface area contributed by atoms with Crippen molar-refractivity contribution < 1.29 is 9.47 Å². The summed E-state index contributed by atoms with van der Waals surface area (Å²) in [4.78, 5) is 4.65. The van der Waals surface area contributed by atoms with E-state index in [4.69, 9.17) is 9.47 Å². The Morgan fingerprint density at radius 2 is 1.29 bits per heavy atom. The summed E-state index contributed by atoms with van der Waals surface area (Å²) in [5, 5.41) is 0. The first-order chi connectivity index (χ1) is 15.3. The minimum Gasteiger partial charge on any atom is -0.494 e. The molecule has 0 bridgehead atoms. The number of nitrogens with zero attached hydrogens (tertiary/aromatic N) is 1. The summed E-state index contributed by atoms with van der Waals surface area (Å²) in [5.41, 5.74) is 3.42. The van der Waals surface area contributed by atoms with Crippen LogP contribution in [0, 0.1) is 0 Å². The van der Waals surface area contributed by atoms with Crippen molar-refractivity contribution >= 4 is 0 Å². The van der Waals surface area contributed by atoms with E-state index >= 15 is 0 Å². The van der Waals surface area contributed by atoms with Gasteiger partial charge in [0.05, 0.1) is 12.3 Å². The SMILES string of the molecule is CCCCCCCCCOc1ccc(-c2ccc(CCCOCCCCC)cn2)cc1. The van der Waals surface area contributed by atoms with Crippen molar-refractivity contribution in [1.82, 2.24) is 4.98 Å². The van der Waals surface area contributed by atoms with Crippen LogP contribution in [-0.4, -0.2) is 24.8 Å². The van der Waals surface area contributed by atoms with Gasteiger partial charge in [0, 0.05) is 25.0 Å². The number of pyridine rings is 1. The van der Waals surface area contributed by atoms with Gasteiger partial charge in [-0.2, -0.15) is 0 Å². The molecule has 0 unspecified atom stereocenters. The first-order valence-corrected chi connectivity index (χ1v) is 12.6. The lowest BCUT2D eigenvalue weighted by molar-refractivity contribution is 0.128. The van der Waals surface area contributed by atoms with E-state index in [1.54, 1.807) is 0 Å². The number of benzene rings is 1. The third kappa shape index (κ3) is 11.4. The van der Waals surface area contributed by atoms with E-state index in [-0.39, 0.29) is 0 Å². The number of ether oxygens (including phenoxy) is 2. The number of rotatable bonds is 18. The quantitative estimate of drug-likeness (QED) is 0.227. The minimum absolute atomic E-state index is 0.808. The molecule has 0 aliphatic rings. The number of hydrogen-bond donors (Lipinski definition) is 0. The lowest BCUT2D eigenvalue weighted by atomic mass is 10.1. The molecule has 0 saturated carbocycles. The van der Waals surface area contributed by atoms with E-state index in [9.17, 15) is 0 Å². The Hall–Kier alpha value is -1.87. The molecule has 1 heterocycles. The van der Waals surface area contributed by atoms with Gasteiger partial charge in [-0.1, -0.05) is 71.3 Å². The van der Waals surface area contributed by atoms with Crippen LogP contribution < -0.4 is 4.74 Å². The maximum atomic E-state index is 5.90. The maximum Gasteiger partial charge on any atom is 0.119 e. The zero-order valence-electron chi connectivity index (χ0n) is 19.9. The van der Waals surface area contributed by atoms with Crippen molar-refractivity contribution in [1.29, 1.82) is 0 Å². The second-order valence-corrected chi connectivity index (χ2v) is 8.47. The lowest BCUT2D eigenvalue weighted by Crippen LogP contribution is -1.99. The van der Waals surface area contributed by atoms with E-state index in [2.05, 4.69) is 55.2 Å². The Morgan fingerprint density at radius 3 is 2.00 bits per heavy atom. The average molecular weight is 426 g/mol. The maximum absolute atomic E-state index is 5.90. The molecular weight excluding hydrogens is 382 g/mol. The van der Waals surface area contributed by atoms with Gasteiger partial charge in [-0.15, -0.1) is 0 Å². The first kappa shape index (κ1) is 25.4. The molecule has 2 aromatic rings. The number of aromatic nitrogens is 1. The molecule has 0 fully saturated rings. The fourth-order valence-electron chi connectivity index (χ4n) is 3.65. The van der Waals surface area contributed by atoms with E-state index in [1.165, 1.54) is 63.4 Å². The van der Waals surface area contributed by atoms with Crippen molar-refractivity contribution in [2.45, 2.75) is 90.9 Å². The van der Waals surface area contributed by atoms with Gasteiger partial charge in [-0.25, -0.2) is 0 Å². The van der Waals surface area contributed by atoms with Crippen molar-refractivity contribution in [3.05, 3.63) is 48.2 Å². The van der Waals surface area contributed by atoms with Gasteiger partial charge < -0.3 is 9.47 Å². The molecular formula is C28H43NO2. The first-order valence-electron chi connectivity index (χ1n) is 12.6. The molecule has 3 heteroatoms. The van der Waals surface area contributed by atoms with Crippen LogP contribution in [0.2, 0.25) is 0 Å². The molecule has 31 heavy (non-hydrogen) atoms. The molecule has 0 spiro atoms. The van der Waals surface area contributed by atoms with Crippen LogP contribution in [0.15, 0.2) is 42.6 Å². The molecule has 1 aromatic heterocycles. The van der Waals surface area contributed by atoms with E-state index in [0.717, 1.165) is 56.1 Å². The Balaban J connectivity index is 1.63. The standard InChI is InChI=1S/C28H43NO2/c1-3-5-7-8-9-10-12-23-31-27-18-16-26(17-19-27)28-20-15-25(24-29-28)14-13-22-30-21-11-6-4-2/h15-20,24H,3-14,21-23H2,1-2H3. The van der Waals surface area contributed by atoms with Crippen molar-refractivity contribution in [2.24, 2.45) is 0 Å². The smallest absolute Gasteiger partial charge is 0.119 e. The van der Waals surface area contributed by atoms with Crippen molar-refractivity contribution in [3.63, 3.8) is 0 Å². The van der Waals surface area contributed by atoms with Crippen molar-refractivity contribution in [2.75, 3.05) is 19.8 Å². The Labute approximate surface area is 190 Å². The minimum atomic E-state index is 0.808. The highest BCUT2D eigenvalue weighted by atomic mass is 16.5. The molecule has 0 amide bonds. The molecule has 0 saturated heterocycles. The molecule has 2 rings (SSSR count). The van der Waals surface area contributed by atoms with Crippen LogP contribution >= 0.6 is 0 Å². The number of aryl methyl sites for hydroxylation is 1. The average Bonchev–Trinajstić information content (AvgIpc) is 2.81. The normalized spacial score (nSPS) is 11.0. The Morgan fingerprint density at radius 1 is 0.645 bits per heavy atom. The Bertz CT molecular complexity index is 666. The predicted molar refractivity (Wildman–Crippen MR) is 132 cm³/mol. The predicted octanol–water partition coefficient (Wildman–Crippen LogP) is 8.02. The van der Waals surface area contributed by atoms with Gasteiger partial charge in [0.2, 0.25) is 0 Å². The van der Waals surface area contributed by atoms with Crippen LogP contribution in [0.1, 0.15) is 90.0 Å². The molecule has 0 aliphatic heterocycles. The highest BCUT2D eigenvalue weighted by molar-refractivity contribution is 5.60. The van der Waals surface area contributed by atoms with Crippen molar-refractivity contribution in [3.8, 4) is 17.0 Å². The van der Waals surface area contributed by atoms with E-state index < -0.39 is 0 Å². The monoisotopic (exact) mass is 425 g/mol. The second-order valence-electron chi connectivity index (χ2n) is 8.47. The van der Waals surface area contributed by atoms with Gasteiger partial charge in [0.1, 0.15) is 5.75 Å². The van der Waals surface area contributed by atoms with Crippen LogP contribution in [0.5, 0.6) is 5.75 Å². The van der Waals surface area contributed by atoms with E-state index in [0.29, 0.717) is 0 Å². The van der Waals surface area contributed by atoms with Gasteiger partial charge in [-0.3, -0.25) is 4.98 Å². The molecule has 0 radical (unpaired) electrons. The van der Waals surface area contributed by atoms with E-state index in [1.807, 2.05) is 6.20 Å². The van der Waals surface area contributed by atoms with Gasteiger partial charge >= 0.3 is 0 Å². The summed E-state index contributed by atoms with van der Waals surface area (Å²) in [5.74, 6) is 0.949. The zero-order chi connectivity index (χ0) is 22.0. The number of hydrogen-bond acceptors (Lipinski definition) is 3. The second kappa shape index (κ2) is 16.8. The topological polar surface area (TPSA) is 31.4 Å².